The van der Waals surface area contributed by atoms with Gasteiger partial charge >= 0.3 is 0 Å². The summed E-state index contributed by atoms with van der Waals surface area (Å²) >= 11 is 6.00. The van der Waals surface area contributed by atoms with Gasteiger partial charge in [0.2, 0.25) is 0 Å². The van der Waals surface area contributed by atoms with Crippen LogP contribution >= 0.6 is 11.6 Å². The van der Waals surface area contributed by atoms with Crippen LogP contribution in [0.15, 0.2) is 12.1 Å². The third kappa shape index (κ3) is 3.61. The maximum absolute atomic E-state index is 11.5. The zero-order valence-electron chi connectivity index (χ0n) is 10.4. The van der Waals surface area contributed by atoms with Crippen molar-refractivity contribution in [2.75, 3.05) is 13.7 Å². The Morgan fingerprint density at radius 3 is 2.84 bits per heavy atom. The van der Waals surface area contributed by atoms with E-state index < -0.39 is 0 Å². The summed E-state index contributed by atoms with van der Waals surface area (Å²) in [6, 6.07) is 3.25. The number of methoxy groups -OCH3 is 1. The third-order valence-corrected chi connectivity index (χ3v) is 2.96. The van der Waals surface area contributed by atoms with Gasteiger partial charge in [-0.25, -0.2) is 0 Å². The molecule has 1 aliphatic rings. The molecule has 1 aromatic rings. The summed E-state index contributed by atoms with van der Waals surface area (Å²) in [5.41, 5.74) is 0.386. The fourth-order valence-corrected chi connectivity index (χ4v) is 1.86. The van der Waals surface area contributed by atoms with Gasteiger partial charge in [-0.15, -0.1) is 0 Å². The van der Waals surface area contributed by atoms with Gasteiger partial charge in [-0.05, 0) is 25.0 Å². The van der Waals surface area contributed by atoms with Crippen molar-refractivity contribution in [2.24, 2.45) is 0 Å². The number of hydrogen-bond donors (Lipinski definition) is 1. The molecule has 1 aliphatic carbocycles. The van der Waals surface area contributed by atoms with Crippen LogP contribution in [-0.2, 0) is 4.79 Å². The fraction of sp³-hybridized carbons (Fsp3) is 0.385. The molecule has 0 atom stereocenters. The molecular formula is C13H14ClNO4. The Morgan fingerprint density at radius 1 is 1.53 bits per heavy atom. The van der Waals surface area contributed by atoms with Gasteiger partial charge in [-0.3, -0.25) is 9.59 Å². The number of halogens is 1. The molecule has 0 unspecified atom stereocenters. The van der Waals surface area contributed by atoms with E-state index in [0.717, 1.165) is 12.8 Å². The standard InChI is InChI=1S/C13H14ClNO4/c1-18-11-5-8(6-16)4-10(14)13(11)19-7-12(17)15-9-2-3-9/h4-6,9H,2-3,7H2,1H3,(H,15,17). The lowest BCUT2D eigenvalue weighted by Crippen LogP contribution is -2.30. The molecular weight excluding hydrogens is 270 g/mol. The molecule has 0 aliphatic heterocycles. The van der Waals surface area contributed by atoms with Crippen LogP contribution in [0.3, 0.4) is 0 Å². The third-order valence-electron chi connectivity index (χ3n) is 2.68. The second-order valence-corrected chi connectivity index (χ2v) is 4.69. The van der Waals surface area contributed by atoms with Gasteiger partial charge in [0.25, 0.3) is 5.91 Å². The summed E-state index contributed by atoms with van der Waals surface area (Å²) in [4.78, 5) is 22.2. The predicted molar refractivity (Wildman–Crippen MR) is 70.1 cm³/mol. The molecule has 5 nitrogen and oxygen atoms in total. The molecule has 102 valence electrons. The number of benzene rings is 1. The van der Waals surface area contributed by atoms with E-state index in [1.54, 1.807) is 0 Å². The van der Waals surface area contributed by atoms with Crippen LogP contribution in [-0.4, -0.2) is 32.0 Å². The molecule has 1 amide bonds. The average Bonchev–Trinajstić information content (AvgIpc) is 3.20. The first-order chi connectivity index (χ1) is 9.13. The maximum Gasteiger partial charge on any atom is 0.258 e. The summed E-state index contributed by atoms with van der Waals surface area (Å²) in [6.45, 7) is -0.132. The lowest BCUT2D eigenvalue weighted by atomic mass is 10.2. The molecule has 0 radical (unpaired) electrons. The Morgan fingerprint density at radius 2 is 2.26 bits per heavy atom. The van der Waals surface area contributed by atoms with Gasteiger partial charge in [0.1, 0.15) is 6.29 Å². The van der Waals surface area contributed by atoms with Crippen LogP contribution in [0.2, 0.25) is 5.02 Å². The molecule has 1 saturated carbocycles. The normalized spacial score (nSPS) is 13.8. The average molecular weight is 284 g/mol. The van der Waals surface area contributed by atoms with Crippen LogP contribution in [0.5, 0.6) is 11.5 Å². The second kappa shape index (κ2) is 5.93. The monoisotopic (exact) mass is 283 g/mol. The highest BCUT2D eigenvalue weighted by Gasteiger charge is 2.23. The van der Waals surface area contributed by atoms with Gasteiger partial charge in [-0.2, -0.15) is 0 Å². The molecule has 0 aromatic heterocycles. The van der Waals surface area contributed by atoms with E-state index in [1.165, 1.54) is 19.2 Å². The highest BCUT2D eigenvalue weighted by Crippen LogP contribution is 2.36. The highest BCUT2D eigenvalue weighted by atomic mass is 35.5. The minimum atomic E-state index is -0.194. The van der Waals surface area contributed by atoms with Crippen LogP contribution in [0.4, 0.5) is 0 Å². The van der Waals surface area contributed by atoms with E-state index in [9.17, 15) is 9.59 Å². The van der Waals surface area contributed by atoms with Crippen molar-refractivity contribution in [1.82, 2.24) is 5.32 Å². The highest BCUT2D eigenvalue weighted by molar-refractivity contribution is 6.32. The Hall–Kier alpha value is -1.75. The number of nitrogens with one attached hydrogen (secondary N) is 1. The summed E-state index contributed by atoms with van der Waals surface area (Å²) in [7, 11) is 1.44. The lowest BCUT2D eigenvalue weighted by molar-refractivity contribution is -0.123. The number of aldehydes is 1. The van der Waals surface area contributed by atoms with Crippen molar-refractivity contribution in [3.05, 3.63) is 22.7 Å². The molecule has 0 spiro atoms. The van der Waals surface area contributed by atoms with E-state index in [4.69, 9.17) is 21.1 Å². The minimum Gasteiger partial charge on any atom is -0.493 e. The van der Waals surface area contributed by atoms with Gasteiger partial charge in [-0.1, -0.05) is 11.6 Å². The van der Waals surface area contributed by atoms with Crippen LogP contribution in [0, 0.1) is 0 Å². The van der Waals surface area contributed by atoms with Crippen molar-refractivity contribution in [3.63, 3.8) is 0 Å². The zero-order chi connectivity index (χ0) is 13.8. The van der Waals surface area contributed by atoms with E-state index in [0.29, 0.717) is 17.6 Å². The molecule has 2 rings (SSSR count). The van der Waals surface area contributed by atoms with Crippen molar-refractivity contribution in [1.29, 1.82) is 0 Å². The van der Waals surface area contributed by atoms with Crippen molar-refractivity contribution >= 4 is 23.8 Å². The lowest BCUT2D eigenvalue weighted by Gasteiger charge is -2.12. The quantitative estimate of drug-likeness (QED) is 0.809. The zero-order valence-corrected chi connectivity index (χ0v) is 11.2. The Kier molecular flexibility index (Phi) is 4.27. The van der Waals surface area contributed by atoms with Crippen LogP contribution in [0.25, 0.3) is 0 Å². The SMILES string of the molecule is COc1cc(C=O)cc(Cl)c1OCC(=O)NC1CC1. The molecule has 0 heterocycles. The van der Waals surface area contributed by atoms with Gasteiger partial charge < -0.3 is 14.8 Å². The summed E-state index contributed by atoms with van der Waals surface area (Å²) in [6.07, 6.45) is 2.70. The molecule has 19 heavy (non-hydrogen) atoms. The summed E-state index contributed by atoms with van der Waals surface area (Å²) < 4.78 is 10.5. The molecule has 1 N–H and O–H groups in total. The van der Waals surface area contributed by atoms with E-state index in [2.05, 4.69) is 5.32 Å². The van der Waals surface area contributed by atoms with E-state index >= 15 is 0 Å². The first kappa shape index (κ1) is 13.7. The topological polar surface area (TPSA) is 64.6 Å². The smallest absolute Gasteiger partial charge is 0.258 e. The fourth-order valence-electron chi connectivity index (χ4n) is 1.58. The Labute approximate surface area is 115 Å². The van der Waals surface area contributed by atoms with E-state index in [-0.39, 0.29) is 29.3 Å². The number of hydrogen-bond acceptors (Lipinski definition) is 4. The number of ether oxygens (including phenoxy) is 2. The van der Waals surface area contributed by atoms with Crippen molar-refractivity contribution in [3.8, 4) is 11.5 Å². The molecule has 0 saturated heterocycles. The number of carbonyl (C=O) groups is 2. The van der Waals surface area contributed by atoms with E-state index in [1.807, 2.05) is 0 Å². The molecule has 6 heteroatoms. The first-order valence-electron chi connectivity index (χ1n) is 5.89. The second-order valence-electron chi connectivity index (χ2n) is 4.28. The van der Waals surface area contributed by atoms with Gasteiger partial charge in [0.05, 0.1) is 12.1 Å². The van der Waals surface area contributed by atoms with Crippen LogP contribution in [0.1, 0.15) is 23.2 Å². The van der Waals surface area contributed by atoms with Crippen LogP contribution < -0.4 is 14.8 Å². The largest absolute Gasteiger partial charge is 0.493 e. The summed E-state index contributed by atoms with van der Waals surface area (Å²) in [5.74, 6) is 0.398. The number of carbonyl (C=O) groups excluding carboxylic acids is 2. The maximum atomic E-state index is 11.5. The molecule has 1 fully saturated rings. The summed E-state index contributed by atoms with van der Waals surface area (Å²) in [5, 5.41) is 3.04. The number of amides is 1. The van der Waals surface area contributed by atoms with Crippen molar-refractivity contribution in [2.45, 2.75) is 18.9 Å². The van der Waals surface area contributed by atoms with Gasteiger partial charge in [0.15, 0.2) is 18.1 Å². The first-order valence-corrected chi connectivity index (χ1v) is 6.26. The number of rotatable bonds is 6. The molecule has 0 bridgehead atoms. The van der Waals surface area contributed by atoms with Gasteiger partial charge in [0, 0.05) is 11.6 Å². The van der Waals surface area contributed by atoms with Crippen molar-refractivity contribution < 1.29 is 19.1 Å². The molecule has 1 aromatic carbocycles. The Bertz CT molecular complexity index is 500. The minimum absolute atomic E-state index is 0.132. The Balaban J connectivity index is 2.05. The predicted octanol–water partition coefficient (Wildman–Crippen LogP) is 1.82.